The highest BCUT2D eigenvalue weighted by Crippen LogP contribution is 2.31. The maximum Gasteiger partial charge on any atom is 0.101 e. The van der Waals surface area contributed by atoms with Crippen molar-refractivity contribution in [1.29, 1.82) is 0 Å². The third kappa shape index (κ3) is 3.10. The molecule has 2 N–H and O–H groups in total. The lowest BCUT2D eigenvalue weighted by atomic mass is 10.2. The van der Waals surface area contributed by atoms with Crippen molar-refractivity contribution in [2.45, 2.75) is 30.3 Å². The van der Waals surface area contributed by atoms with Crippen LogP contribution in [0.5, 0.6) is 0 Å². The zero-order chi connectivity index (χ0) is 13.1. The van der Waals surface area contributed by atoms with Gasteiger partial charge in [-0.2, -0.15) is 0 Å². The van der Waals surface area contributed by atoms with Crippen LogP contribution >= 0.6 is 27.7 Å². The highest BCUT2D eigenvalue weighted by Gasteiger charge is 2.09. The molecule has 0 aliphatic rings. The van der Waals surface area contributed by atoms with E-state index in [-0.39, 0.29) is 0 Å². The fourth-order valence-corrected chi connectivity index (χ4v) is 2.98. The van der Waals surface area contributed by atoms with Gasteiger partial charge < -0.3 is 5.73 Å². The van der Waals surface area contributed by atoms with E-state index in [9.17, 15) is 0 Å². The van der Waals surface area contributed by atoms with Crippen LogP contribution in [-0.4, -0.2) is 9.97 Å². The van der Waals surface area contributed by atoms with Crippen LogP contribution in [0.4, 0.5) is 0 Å². The third-order valence-corrected chi connectivity index (χ3v) is 4.04. The van der Waals surface area contributed by atoms with Crippen LogP contribution in [0.15, 0.2) is 38.8 Å². The van der Waals surface area contributed by atoms with Crippen molar-refractivity contribution in [2.24, 2.45) is 5.73 Å². The van der Waals surface area contributed by atoms with Gasteiger partial charge in [-0.25, -0.2) is 4.98 Å². The Labute approximate surface area is 119 Å². The van der Waals surface area contributed by atoms with Gasteiger partial charge in [-0.15, -0.1) is 0 Å². The molecule has 5 heteroatoms. The highest BCUT2D eigenvalue weighted by molar-refractivity contribution is 9.10. The number of nitrogens with two attached hydrogens (primary N) is 1. The van der Waals surface area contributed by atoms with E-state index in [0.29, 0.717) is 6.54 Å². The summed E-state index contributed by atoms with van der Waals surface area (Å²) >= 11 is 5.00. The molecule has 2 aromatic rings. The maximum atomic E-state index is 5.80. The van der Waals surface area contributed by atoms with Crippen LogP contribution in [0.3, 0.4) is 0 Å². The van der Waals surface area contributed by atoms with Gasteiger partial charge in [0, 0.05) is 39.1 Å². The lowest BCUT2D eigenvalue weighted by molar-refractivity contribution is 0.943. The molecule has 0 radical (unpaired) electrons. The molecule has 0 aromatic carbocycles. The minimum Gasteiger partial charge on any atom is -0.326 e. The summed E-state index contributed by atoms with van der Waals surface area (Å²) < 4.78 is 0.980. The minimum atomic E-state index is 0.498. The van der Waals surface area contributed by atoms with E-state index in [1.54, 1.807) is 18.0 Å². The van der Waals surface area contributed by atoms with Gasteiger partial charge in [-0.05, 0) is 48.0 Å². The van der Waals surface area contributed by atoms with E-state index in [1.165, 1.54) is 0 Å². The van der Waals surface area contributed by atoms with Gasteiger partial charge in [0.05, 0.1) is 0 Å². The molecule has 2 aromatic heterocycles. The molecule has 0 atom stereocenters. The fraction of sp³-hybridized carbons (Fsp3) is 0.231. The predicted octanol–water partition coefficient (Wildman–Crippen LogP) is 3.47. The Bertz CT molecular complexity index is 555. The Morgan fingerprint density at radius 3 is 2.72 bits per heavy atom. The molecule has 2 heterocycles. The number of nitrogens with zero attached hydrogens (tertiary/aromatic N) is 2. The maximum absolute atomic E-state index is 5.80. The standard InChI is InChI=1S/C13H14BrN3S/c1-8-5-12(11(6-15)9(2)17-8)18-13-4-3-10(14)7-16-13/h3-5,7H,6,15H2,1-2H3. The fourth-order valence-electron chi connectivity index (χ4n) is 1.69. The second-order valence-electron chi connectivity index (χ2n) is 3.95. The smallest absolute Gasteiger partial charge is 0.101 e. The molecular formula is C13H14BrN3S. The summed E-state index contributed by atoms with van der Waals surface area (Å²) in [7, 11) is 0. The second-order valence-corrected chi connectivity index (χ2v) is 5.92. The van der Waals surface area contributed by atoms with E-state index in [0.717, 1.165) is 31.3 Å². The number of aromatic nitrogens is 2. The molecule has 18 heavy (non-hydrogen) atoms. The third-order valence-electron chi connectivity index (χ3n) is 2.54. The van der Waals surface area contributed by atoms with Crippen molar-refractivity contribution < 1.29 is 0 Å². The van der Waals surface area contributed by atoms with Gasteiger partial charge in [0.15, 0.2) is 0 Å². The van der Waals surface area contributed by atoms with Gasteiger partial charge in [0.25, 0.3) is 0 Å². The summed E-state index contributed by atoms with van der Waals surface area (Å²) in [4.78, 5) is 9.94. The van der Waals surface area contributed by atoms with Crippen molar-refractivity contribution in [3.63, 3.8) is 0 Å². The van der Waals surface area contributed by atoms with Crippen molar-refractivity contribution in [1.82, 2.24) is 9.97 Å². The van der Waals surface area contributed by atoms with E-state index in [2.05, 4.69) is 32.0 Å². The van der Waals surface area contributed by atoms with Gasteiger partial charge in [0.2, 0.25) is 0 Å². The number of halogens is 1. The lowest BCUT2D eigenvalue weighted by Crippen LogP contribution is -2.04. The van der Waals surface area contributed by atoms with E-state index >= 15 is 0 Å². The monoisotopic (exact) mass is 323 g/mol. The number of rotatable bonds is 3. The predicted molar refractivity (Wildman–Crippen MR) is 77.7 cm³/mol. The molecule has 0 aliphatic carbocycles. The number of hydrogen-bond donors (Lipinski definition) is 1. The SMILES string of the molecule is Cc1cc(Sc2ccc(Br)cn2)c(CN)c(C)n1. The lowest BCUT2D eigenvalue weighted by Gasteiger charge is -2.10. The van der Waals surface area contributed by atoms with Gasteiger partial charge in [-0.1, -0.05) is 11.8 Å². The first kappa shape index (κ1) is 13.5. The summed E-state index contributed by atoms with van der Waals surface area (Å²) in [6, 6.07) is 6.03. The van der Waals surface area contributed by atoms with E-state index < -0.39 is 0 Å². The van der Waals surface area contributed by atoms with E-state index in [1.807, 2.05) is 26.0 Å². The quantitative estimate of drug-likeness (QED) is 0.939. The molecule has 0 saturated carbocycles. The molecule has 0 bridgehead atoms. The average molecular weight is 324 g/mol. The highest BCUT2D eigenvalue weighted by atomic mass is 79.9. The number of aryl methyl sites for hydroxylation is 2. The van der Waals surface area contributed by atoms with Crippen LogP contribution in [-0.2, 0) is 6.54 Å². The van der Waals surface area contributed by atoms with E-state index in [4.69, 9.17) is 5.73 Å². The van der Waals surface area contributed by atoms with Crippen LogP contribution in [0.25, 0.3) is 0 Å². The van der Waals surface area contributed by atoms with Gasteiger partial charge in [0.1, 0.15) is 5.03 Å². The van der Waals surface area contributed by atoms with Crippen LogP contribution in [0, 0.1) is 13.8 Å². The van der Waals surface area contributed by atoms with Crippen LogP contribution in [0.1, 0.15) is 17.0 Å². The molecule has 2 rings (SSSR count). The second kappa shape index (κ2) is 5.82. The Morgan fingerprint density at radius 1 is 1.33 bits per heavy atom. The summed E-state index contributed by atoms with van der Waals surface area (Å²) in [6.07, 6.45) is 1.80. The summed E-state index contributed by atoms with van der Waals surface area (Å²) in [5.41, 5.74) is 8.89. The summed E-state index contributed by atoms with van der Waals surface area (Å²) in [5, 5.41) is 0.956. The Kier molecular flexibility index (Phi) is 4.37. The van der Waals surface area contributed by atoms with Gasteiger partial charge >= 0.3 is 0 Å². The summed E-state index contributed by atoms with van der Waals surface area (Å²) in [6.45, 7) is 4.48. The first-order valence-electron chi connectivity index (χ1n) is 5.56. The molecule has 0 saturated heterocycles. The Balaban J connectivity index is 2.36. The van der Waals surface area contributed by atoms with Crippen molar-refractivity contribution in [3.8, 4) is 0 Å². The molecule has 3 nitrogen and oxygen atoms in total. The number of hydrogen-bond acceptors (Lipinski definition) is 4. The largest absolute Gasteiger partial charge is 0.326 e. The number of pyridine rings is 2. The minimum absolute atomic E-state index is 0.498. The molecule has 0 amide bonds. The summed E-state index contributed by atoms with van der Waals surface area (Å²) in [5.74, 6) is 0. The molecule has 0 aliphatic heterocycles. The van der Waals surface area contributed by atoms with Crippen LogP contribution < -0.4 is 5.73 Å². The zero-order valence-electron chi connectivity index (χ0n) is 10.3. The molecule has 0 fully saturated rings. The van der Waals surface area contributed by atoms with Crippen molar-refractivity contribution >= 4 is 27.7 Å². The Morgan fingerprint density at radius 2 is 2.11 bits per heavy atom. The first-order valence-corrected chi connectivity index (χ1v) is 7.17. The normalized spacial score (nSPS) is 10.7. The Hall–Kier alpha value is -0.910. The zero-order valence-corrected chi connectivity index (χ0v) is 12.7. The van der Waals surface area contributed by atoms with Crippen molar-refractivity contribution in [3.05, 3.63) is 45.8 Å². The topological polar surface area (TPSA) is 51.8 Å². The molecular weight excluding hydrogens is 310 g/mol. The van der Waals surface area contributed by atoms with Gasteiger partial charge in [-0.3, -0.25) is 4.98 Å². The van der Waals surface area contributed by atoms with Crippen LogP contribution in [0.2, 0.25) is 0 Å². The molecule has 94 valence electrons. The van der Waals surface area contributed by atoms with Crippen molar-refractivity contribution in [2.75, 3.05) is 0 Å². The first-order chi connectivity index (χ1) is 8.60. The average Bonchev–Trinajstić information content (AvgIpc) is 2.32. The molecule has 0 unspecified atom stereocenters. The molecule has 0 spiro atoms.